The van der Waals surface area contributed by atoms with E-state index < -0.39 is 0 Å². The molecular formula is C20H20FN3OS. The van der Waals surface area contributed by atoms with Crippen molar-refractivity contribution in [2.45, 2.75) is 18.1 Å². The highest BCUT2D eigenvalue weighted by molar-refractivity contribution is 7.99. The van der Waals surface area contributed by atoms with Gasteiger partial charge in [-0.2, -0.15) is 0 Å². The molecule has 0 saturated carbocycles. The van der Waals surface area contributed by atoms with Crippen LogP contribution in [0.15, 0.2) is 72.1 Å². The van der Waals surface area contributed by atoms with Crippen LogP contribution >= 0.6 is 11.8 Å². The summed E-state index contributed by atoms with van der Waals surface area (Å²) in [4.78, 5) is 16.3. The Bertz CT molecular complexity index is 834. The summed E-state index contributed by atoms with van der Waals surface area (Å²) in [6.45, 7) is 1.21. The number of thioether (sulfide) groups is 1. The smallest absolute Gasteiger partial charge is 0.230 e. The fourth-order valence-electron chi connectivity index (χ4n) is 2.51. The summed E-state index contributed by atoms with van der Waals surface area (Å²) in [6, 6.07) is 16.5. The van der Waals surface area contributed by atoms with E-state index in [0.717, 1.165) is 17.1 Å². The second kappa shape index (κ2) is 9.20. The fourth-order valence-corrected chi connectivity index (χ4v) is 3.30. The molecule has 1 heterocycles. The van der Waals surface area contributed by atoms with Crippen LogP contribution in [0.3, 0.4) is 0 Å². The Hall–Kier alpha value is -2.60. The van der Waals surface area contributed by atoms with Crippen molar-refractivity contribution in [3.63, 3.8) is 0 Å². The summed E-state index contributed by atoms with van der Waals surface area (Å²) >= 11 is 1.40. The predicted octanol–water partition coefficient (Wildman–Crippen LogP) is 3.52. The molecule has 4 nitrogen and oxygen atoms in total. The van der Waals surface area contributed by atoms with Crippen molar-refractivity contribution >= 4 is 17.7 Å². The number of nitrogens with one attached hydrogen (secondary N) is 1. The third-order valence-corrected chi connectivity index (χ3v) is 4.86. The van der Waals surface area contributed by atoms with Crippen molar-refractivity contribution in [1.29, 1.82) is 0 Å². The van der Waals surface area contributed by atoms with Gasteiger partial charge in [-0.15, -0.1) is 0 Å². The topological polar surface area (TPSA) is 46.9 Å². The van der Waals surface area contributed by atoms with Crippen molar-refractivity contribution in [1.82, 2.24) is 14.9 Å². The van der Waals surface area contributed by atoms with Gasteiger partial charge >= 0.3 is 0 Å². The summed E-state index contributed by atoms with van der Waals surface area (Å²) in [5, 5.41) is 3.70. The molecule has 0 spiro atoms. The van der Waals surface area contributed by atoms with E-state index in [4.69, 9.17) is 0 Å². The molecule has 134 valence electrons. The Morgan fingerprint density at radius 2 is 1.85 bits per heavy atom. The first kappa shape index (κ1) is 18.2. The molecule has 6 heteroatoms. The number of hydrogen-bond donors (Lipinski definition) is 1. The summed E-state index contributed by atoms with van der Waals surface area (Å²) in [5.74, 6) is 0.0540. The van der Waals surface area contributed by atoms with E-state index in [1.165, 1.54) is 29.5 Å². The van der Waals surface area contributed by atoms with E-state index in [9.17, 15) is 9.18 Å². The van der Waals surface area contributed by atoms with Crippen molar-refractivity contribution in [2.24, 2.45) is 0 Å². The van der Waals surface area contributed by atoms with Crippen molar-refractivity contribution in [3.8, 4) is 0 Å². The maximum absolute atomic E-state index is 13.0. The molecule has 0 bridgehead atoms. The van der Waals surface area contributed by atoms with Crippen LogP contribution in [0.1, 0.15) is 11.1 Å². The number of benzene rings is 2. The van der Waals surface area contributed by atoms with E-state index in [1.54, 1.807) is 18.3 Å². The summed E-state index contributed by atoms with van der Waals surface area (Å²) in [5.41, 5.74) is 2.19. The van der Waals surface area contributed by atoms with Gasteiger partial charge < -0.3 is 9.88 Å². The van der Waals surface area contributed by atoms with Crippen molar-refractivity contribution in [2.75, 3.05) is 12.3 Å². The Morgan fingerprint density at radius 3 is 2.62 bits per heavy atom. The van der Waals surface area contributed by atoms with Gasteiger partial charge in [0.05, 0.1) is 5.75 Å². The second-order valence-corrected chi connectivity index (χ2v) is 6.78. The lowest BCUT2D eigenvalue weighted by molar-refractivity contribution is -0.118. The van der Waals surface area contributed by atoms with Crippen LogP contribution in [0.25, 0.3) is 0 Å². The molecule has 3 rings (SSSR count). The molecule has 0 aliphatic heterocycles. The highest BCUT2D eigenvalue weighted by Gasteiger charge is 2.08. The molecule has 1 N–H and O–H groups in total. The number of carbonyl (C=O) groups is 1. The molecule has 0 aliphatic carbocycles. The van der Waals surface area contributed by atoms with E-state index in [1.807, 2.05) is 41.1 Å². The monoisotopic (exact) mass is 369 g/mol. The minimum absolute atomic E-state index is 0.0118. The SMILES string of the molecule is O=C(CSc1nccn1Cc1ccc(F)cc1)NCCc1ccccc1. The van der Waals surface area contributed by atoms with Crippen LogP contribution in [0, 0.1) is 5.82 Å². The van der Waals surface area contributed by atoms with Crippen LogP contribution < -0.4 is 5.32 Å². The lowest BCUT2D eigenvalue weighted by Crippen LogP contribution is -2.27. The third kappa shape index (κ3) is 5.46. The molecule has 26 heavy (non-hydrogen) atoms. The number of amides is 1. The molecule has 3 aromatic rings. The average Bonchev–Trinajstić information content (AvgIpc) is 3.10. The quantitative estimate of drug-likeness (QED) is 0.618. The number of aromatic nitrogens is 2. The second-order valence-electron chi connectivity index (χ2n) is 5.84. The molecular weight excluding hydrogens is 349 g/mol. The molecule has 0 radical (unpaired) electrons. The number of carbonyl (C=O) groups excluding carboxylic acids is 1. The molecule has 0 unspecified atom stereocenters. The first-order valence-electron chi connectivity index (χ1n) is 8.40. The fraction of sp³-hybridized carbons (Fsp3) is 0.200. The number of halogens is 1. The average molecular weight is 369 g/mol. The zero-order valence-electron chi connectivity index (χ0n) is 14.3. The van der Waals surface area contributed by atoms with Crippen molar-refractivity contribution < 1.29 is 9.18 Å². The molecule has 0 aliphatic rings. The Balaban J connectivity index is 1.45. The van der Waals surface area contributed by atoms with E-state index >= 15 is 0 Å². The van der Waals surface area contributed by atoms with Crippen LogP contribution in [0.2, 0.25) is 0 Å². The van der Waals surface area contributed by atoms with Crippen molar-refractivity contribution in [3.05, 3.63) is 83.9 Å². The van der Waals surface area contributed by atoms with E-state index in [0.29, 0.717) is 18.8 Å². The molecule has 0 saturated heterocycles. The van der Waals surface area contributed by atoms with Gasteiger partial charge in [-0.25, -0.2) is 9.37 Å². The first-order valence-corrected chi connectivity index (χ1v) is 9.38. The molecule has 1 aromatic heterocycles. The zero-order valence-corrected chi connectivity index (χ0v) is 15.1. The van der Waals surface area contributed by atoms with Gasteiger partial charge in [-0.1, -0.05) is 54.2 Å². The number of rotatable bonds is 8. The number of nitrogens with zero attached hydrogens (tertiary/aromatic N) is 2. The largest absolute Gasteiger partial charge is 0.355 e. The molecule has 0 atom stereocenters. The predicted molar refractivity (Wildman–Crippen MR) is 102 cm³/mol. The first-order chi connectivity index (χ1) is 12.7. The van der Waals surface area contributed by atoms with E-state index in [-0.39, 0.29) is 11.7 Å². The van der Waals surface area contributed by atoms with Gasteiger partial charge in [0.1, 0.15) is 5.82 Å². The van der Waals surface area contributed by atoms with Crippen LogP contribution in [0.5, 0.6) is 0 Å². The molecule has 1 amide bonds. The van der Waals surface area contributed by atoms with E-state index in [2.05, 4.69) is 10.3 Å². The van der Waals surface area contributed by atoms with Gasteiger partial charge in [0.25, 0.3) is 0 Å². The van der Waals surface area contributed by atoms with Gasteiger partial charge in [0, 0.05) is 25.5 Å². The van der Waals surface area contributed by atoms with Crippen LogP contribution in [-0.2, 0) is 17.8 Å². The maximum Gasteiger partial charge on any atom is 0.230 e. The third-order valence-electron chi connectivity index (χ3n) is 3.85. The zero-order chi connectivity index (χ0) is 18.2. The maximum atomic E-state index is 13.0. The Kier molecular flexibility index (Phi) is 6.44. The minimum Gasteiger partial charge on any atom is -0.355 e. The summed E-state index contributed by atoms with van der Waals surface area (Å²) in [7, 11) is 0. The summed E-state index contributed by atoms with van der Waals surface area (Å²) < 4.78 is 15.0. The minimum atomic E-state index is -0.249. The lowest BCUT2D eigenvalue weighted by atomic mass is 10.1. The van der Waals surface area contributed by atoms with Crippen LogP contribution in [-0.4, -0.2) is 27.8 Å². The number of imidazole rings is 1. The van der Waals surface area contributed by atoms with Gasteiger partial charge in [-0.3, -0.25) is 4.79 Å². The normalized spacial score (nSPS) is 10.7. The molecule has 2 aromatic carbocycles. The Morgan fingerprint density at radius 1 is 1.08 bits per heavy atom. The van der Waals surface area contributed by atoms with Gasteiger partial charge in [0.15, 0.2) is 5.16 Å². The highest BCUT2D eigenvalue weighted by atomic mass is 32.2. The number of hydrogen-bond acceptors (Lipinski definition) is 3. The lowest BCUT2D eigenvalue weighted by Gasteiger charge is -2.08. The summed E-state index contributed by atoms with van der Waals surface area (Å²) in [6.07, 6.45) is 4.38. The van der Waals surface area contributed by atoms with Crippen LogP contribution in [0.4, 0.5) is 4.39 Å². The highest BCUT2D eigenvalue weighted by Crippen LogP contribution is 2.17. The molecule has 0 fully saturated rings. The Labute approximate surface area is 156 Å². The van der Waals surface area contributed by atoms with Gasteiger partial charge in [0.2, 0.25) is 5.91 Å². The van der Waals surface area contributed by atoms with Gasteiger partial charge in [-0.05, 0) is 29.7 Å². The standard InChI is InChI=1S/C20H20FN3OS/c21-18-8-6-17(7-9-18)14-24-13-12-23-20(24)26-15-19(25)22-11-10-16-4-2-1-3-5-16/h1-9,12-13H,10-11,14-15H2,(H,22,25).